The van der Waals surface area contributed by atoms with Gasteiger partial charge >= 0.3 is 29.7 Å². The Morgan fingerprint density at radius 3 is 0.795 bits per heavy atom. The van der Waals surface area contributed by atoms with E-state index in [1.165, 1.54) is 113 Å². The number of imidazole rings is 5. The molecule has 0 N–H and O–H groups in total. The third-order valence-corrected chi connectivity index (χ3v) is 24.5. The third kappa shape index (κ3) is 20.4. The number of hydrogen-bond acceptors (Lipinski definition) is 5. The van der Waals surface area contributed by atoms with Gasteiger partial charge in [0.25, 0.3) is 0 Å². The van der Waals surface area contributed by atoms with Crippen LogP contribution in [-0.2, 0) is 14.1 Å². The zero-order valence-corrected chi connectivity index (χ0v) is 82.0. The minimum Gasteiger partial charge on any atom is -0.234 e. The SMILES string of the molecule is CC(C)c1ccccc1N(C)c1n(-c2ccccc2)cc[n+]1C(C)C.CC(C)c1ccccc1N(C)c1n(C(C)C)c2ccccc2[n+]1C.CC(C)c1ccccc1N(C)c1n(C(C)C)c2ccccc2[n+]1C.Cc1cccc(C)c1-n1cc[n+](C(C)C)c1N(C)c1ccccc1C(C)C.[2H]C([2H])([2H])c1cccc(C)c1-n1cc[n+](C(C)C)c1N(C)c1ccccc1C(C)C. The predicted octanol–water partition coefficient (Wildman–Crippen LogP) is 26.8. The number of nitrogens with zero attached hydrogens (tertiary/aromatic N) is 15. The molecule has 0 amide bonds. The van der Waals surface area contributed by atoms with Crippen molar-refractivity contribution >= 4 is 80.2 Å². The van der Waals surface area contributed by atoms with Crippen LogP contribution in [0.15, 0.2) is 274 Å². The number of fused-ring (bicyclic) bond motifs is 2. The first-order chi connectivity index (χ1) is 61.7. The molecule has 0 spiro atoms. The lowest BCUT2D eigenvalue weighted by atomic mass is 10.0. The van der Waals surface area contributed by atoms with Gasteiger partial charge in [0.1, 0.15) is 86.2 Å². The average Bonchev–Trinajstić information content (AvgIpc) is 1.60. The van der Waals surface area contributed by atoms with Crippen molar-refractivity contribution in [2.45, 2.75) is 226 Å². The quantitative estimate of drug-likeness (QED) is 0.0597. The summed E-state index contributed by atoms with van der Waals surface area (Å²) in [7, 11) is 15.1. The summed E-state index contributed by atoms with van der Waals surface area (Å²) in [5, 5.41) is 0. The molecule has 15 aromatic rings. The Hall–Kier alpha value is -12.2. The molecule has 10 aromatic carbocycles. The summed E-state index contributed by atoms with van der Waals surface area (Å²) in [6, 6.07) is 84.8. The molecule has 0 radical (unpaired) electrons. The third-order valence-electron chi connectivity index (χ3n) is 24.5. The minimum atomic E-state index is -2.19. The van der Waals surface area contributed by atoms with Crippen molar-refractivity contribution in [3.8, 4) is 17.1 Å². The number of benzene rings is 10. The second-order valence-electron chi connectivity index (χ2n) is 36.9. The van der Waals surface area contributed by atoms with Crippen LogP contribution in [0.1, 0.15) is 252 Å². The van der Waals surface area contributed by atoms with Gasteiger partial charge in [0.15, 0.2) is 0 Å². The first-order valence-electron chi connectivity index (χ1n) is 47.4. The standard InChI is InChI=1S/2C24H32N3.C22H28N3.2C21H28N3/c2*1-17(2)21-13-8-9-14-22(21)25(7)24-26(18(3)4)15-16-27(24)23-19(5)11-10-12-20(23)6;1-17(2)20-13-9-10-14-21(20)23(5)22-24(18(3)4)15-16-25(22)19-11-7-6-8-12-19;2*1-15(2)17-11-7-8-12-18(17)22(5)21-23(6)19-13-9-10-14-20(19)24(21)16(3)4/h2*8-18H,1-7H3;6-18H,1-5H3;2*7-16H,1-6H3/q5*+1/i5D3;;;;. The first kappa shape index (κ1) is 91.0. The van der Waals surface area contributed by atoms with Crippen LogP contribution in [0.3, 0.4) is 0 Å². The Morgan fingerprint density at radius 2 is 0.512 bits per heavy atom. The van der Waals surface area contributed by atoms with Gasteiger partial charge in [-0.05, 0) is 243 Å². The predicted molar refractivity (Wildman–Crippen MR) is 538 cm³/mol. The second-order valence-corrected chi connectivity index (χ2v) is 36.9. The molecular weight excluding hydrogens is 1560 g/mol. The van der Waals surface area contributed by atoms with Crippen LogP contribution in [0.5, 0.6) is 0 Å². The van der Waals surface area contributed by atoms with Crippen LogP contribution in [0, 0.1) is 27.6 Å². The number of aromatic nitrogens is 10. The van der Waals surface area contributed by atoms with E-state index in [-0.39, 0.29) is 6.04 Å². The molecule has 666 valence electrons. The lowest BCUT2D eigenvalue weighted by Gasteiger charge is -2.22. The Kier molecular flexibility index (Phi) is 30.0. The fourth-order valence-corrected chi connectivity index (χ4v) is 18.1. The monoisotopic (exact) mass is 1710 g/mol. The molecule has 5 aromatic heterocycles. The van der Waals surface area contributed by atoms with E-state index in [0.29, 0.717) is 59.3 Å². The summed E-state index contributed by atoms with van der Waals surface area (Å²) in [5.74, 6) is 7.99. The van der Waals surface area contributed by atoms with Gasteiger partial charge in [-0.2, -0.15) is 0 Å². The van der Waals surface area contributed by atoms with Crippen LogP contribution in [-0.4, -0.2) is 58.1 Å². The molecule has 5 heterocycles. The Morgan fingerprint density at radius 1 is 0.268 bits per heavy atom. The fourth-order valence-electron chi connectivity index (χ4n) is 18.1. The van der Waals surface area contributed by atoms with Crippen molar-refractivity contribution in [2.24, 2.45) is 14.1 Å². The lowest BCUT2D eigenvalue weighted by Crippen LogP contribution is -2.40. The number of anilines is 10. The number of para-hydroxylation sites is 12. The van der Waals surface area contributed by atoms with Gasteiger partial charge in [0, 0.05) is 4.11 Å². The van der Waals surface area contributed by atoms with Crippen LogP contribution >= 0.6 is 0 Å². The number of aryl methyl sites for hydroxylation is 6. The van der Waals surface area contributed by atoms with Crippen molar-refractivity contribution in [3.63, 3.8) is 0 Å². The van der Waals surface area contributed by atoms with Crippen LogP contribution in [0.25, 0.3) is 39.1 Å². The Bertz CT molecular complexity index is 6110. The smallest absolute Gasteiger partial charge is 0.234 e. The van der Waals surface area contributed by atoms with E-state index in [4.69, 9.17) is 4.11 Å². The van der Waals surface area contributed by atoms with Crippen LogP contribution in [0.2, 0.25) is 0 Å². The number of hydrogen-bond donors (Lipinski definition) is 0. The van der Waals surface area contributed by atoms with Gasteiger partial charge in [-0.25, -0.2) is 70.2 Å². The topological polar surface area (TPSA) is 60.3 Å². The Labute approximate surface area is 766 Å². The summed E-state index contributed by atoms with van der Waals surface area (Å²) >= 11 is 0. The normalized spacial score (nSPS) is 12.0. The highest BCUT2D eigenvalue weighted by atomic mass is 15.4. The molecule has 0 unspecified atom stereocenters. The van der Waals surface area contributed by atoms with E-state index in [1.807, 2.05) is 42.1 Å². The molecule has 15 rings (SSSR count). The van der Waals surface area contributed by atoms with Gasteiger partial charge in [-0.3, -0.25) is 0 Å². The molecule has 0 atom stereocenters. The molecule has 15 heteroatoms. The minimum absolute atomic E-state index is 0.218. The summed E-state index contributed by atoms with van der Waals surface area (Å²) in [4.78, 5) is 11.5. The molecule has 0 aliphatic heterocycles. The van der Waals surface area contributed by atoms with E-state index in [0.717, 1.165) is 28.8 Å². The van der Waals surface area contributed by atoms with E-state index in [9.17, 15) is 0 Å². The van der Waals surface area contributed by atoms with Crippen LogP contribution < -0.4 is 47.3 Å². The molecule has 0 fully saturated rings. The molecule has 0 aliphatic rings. The highest BCUT2D eigenvalue weighted by molar-refractivity contribution is 5.78. The van der Waals surface area contributed by atoms with Crippen molar-refractivity contribution in [3.05, 3.63) is 324 Å². The molecule has 0 saturated carbocycles. The Balaban J connectivity index is 0.000000157. The van der Waals surface area contributed by atoms with E-state index < -0.39 is 6.85 Å². The average molecular weight is 1710 g/mol. The maximum atomic E-state index is 8.08. The fraction of sp³-hybridized carbons (Fsp3) is 0.366. The second kappa shape index (κ2) is 41.9. The summed E-state index contributed by atoms with van der Waals surface area (Å²) in [6.07, 6.45) is 12.7. The van der Waals surface area contributed by atoms with Gasteiger partial charge in [-0.15, -0.1) is 0 Å². The number of rotatable bonds is 23. The van der Waals surface area contributed by atoms with Gasteiger partial charge < -0.3 is 0 Å². The van der Waals surface area contributed by atoms with E-state index >= 15 is 0 Å². The molecular formula is C112H148N15+5. The molecule has 0 saturated heterocycles. The zero-order valence-electron chi connectivity index (χ0n) is 85.0. The van der Waals surface area contributed by atoms with E-state index in [1.54, 1.807) is 6.07 Å². The van der Waals surface area contributed by atoms with E-state index in [2.05, 4.69) is 504 Å². The van der Waals surface area contributed by atoms with Gasteiger partial charge in [-0.1, -0.05) is 239 Å². The largest absolute Gasteiger partial charge is 0.369 e. The maximum Gasteiger partial charge on any atom is 0.369 e. The lowest BCUT2D eigenvalue weighted by molar-refractivity contribution is -0.703. The molecule has 127 heavy (non-hydrogen) atoms. The summed E-state index contributed by atoms with van der Waals surface area (Å²) in [5.41, 5.74) is 25.0. The zero-order chi connectivity index (χ0) is 94.8. The van der Waals surface area contributed by atoms with Crippen molar-refractivity contribution in [2.75, 3.05) is 59.7 Å². The first-order valence-corrected chi connectivity index (χ1v) is 45.9. The van der Waals surface area contributed by atoms with Crippen LogP contribution in [0.4, 0.5) is 58.2 Å². The highest BCUT2D eigenvalue weighted by Crippen LogP contribution is 2.40. The molecule has 0 bridgehead atoms. The van der Waals surface area contributed by atoms with Crippen molar-refractivity contribution in [1.29, 1.82) is 0 Å². The van der Waals surface area contributed by atoms with Gasteiger partial charge in [0.2, 0.25) is 0 Å². The van der Waals surface area contributed by atoms with Crippen molar-refractivity contribution < 1.29 is 26.9 Å². The summed E-state index contributed by atoms with van der Waals surface area (Å²) in [6.45, 7) is 48.8. The molecule has 15 nitrogen and oxygen atoms in total. The van der Waals surface area contributed by atoms with Gasteiger partial charge in [0.05, 0.1) is 98.1 Å². The maximum absolute atomic E-state index is 8.08. The molecule has 0 aliphatic carbocycles. The van der Waals surface area contributed by atoms with Crippen molar-refractivity contribution in [1.82, 2.24) is 22.8 Å². The summed E-state index contributed by atoms with van der Waals surface area (Å²) < 4.78 is 47.2. The highest BCUT2D eigenvalue weighted by Gasteiger charge is 2.36.